The Morgan fingerprint density at radius 1 is 0.740 bits per heavy atom. The van der Waals surface area contributed by atoms with E-state index in [0.29, 0.717) is 19.3 Å². The molecular weight excluding hydrogens is 703 g/mol. The van der Waals surface area contributed by atoms with Crippen LogP contribution in [0.15, 0.2) is 72.8 Å². The number of anilines is 3. The van der Waals surface area contributed by atoms with Crippen molar-refractivity contribution in [1.29, 1.82) is 0 Å². The molecule has 3 aromatic rings. The Morgan fingerprint density at radius 2 is 1.06 bits per heavy atom. The zero-order chi connectivity index (χ0) is 38.0. The number of carboxylic acids is 1. The second-order valence-electron chi connectivity index (χ2n) is 11.3. The molecule has 11 nitrogen and oxygen atoms in total. The van der Waals surface area contributed by atoms with Gasteiger partial charge in [-0.3, -0.25) is 19.2 Å². The number of esters is 2. The first kappa shape index (κ1) is 45.7. The van der Waals surface area contributed by atoms with Crippen molar-refractivity contribution in [3.63, 3.8) is 0 Å². The number of ether oxygens (including phenoxy) is 2. The van der Waals surface area contributed by atoms with Crippen LogP contribution in [0.3, 0.4) is 0 Å². The monoisotopic (exact) mass is 750 g/mol. The number of nitrogens with one attached hydrogen (secondary N) is 1. The summed E-state index contributed by atoms with van der Waals surface area (Å²) in [5, 5.41) is 11.6. The Bertz CT molecular complexity index is 1480. The quantitative estimate of drug-likeness (QED) is 0.0552. The number of aliphatic carboxylic acids is 1. The van der Waals surface area contributed by atoms with Gasteiger partial charge in [0.05, 0.1) is 14.2 Å². The van der Waals surface area contributed by atoms with Gasteiger partial charge in [0.15, 0.2) is 0 Å². The third-order valence-corrected chi connectivity index (χ3v) is 6.65. The van der Waals surface area contributed by atoms with Crippen molar-refractivity contribution in [3.8, 4) is 0 Å². The molecule has 0 aromatic heterocycles. The number of benzene rings is 3. The third kappa shape index (κ3) is 25.7. The molecule has 3 aromatic carbocycles. The first-order valence-corrected chi connectivity index (χ1v) is 18.4. The van der Waals surface area contributed by atoms with E-state index < -0.39 is 20.9 Å². The first-order chi connectivity index (χ1) is 23.6. The predicted molar refractivity (Wildman–Crippen MR) is 203 cm³/mol. The number of nitrogens with zero attached hydrogens (tertiary/aromatic N) is 1. The molecule has 14 heteroatoms. The lowest BCUT2D eigenvalue weighted by Crippen LogP contribution is -2.25. The number of carbonyl (C=O) groups excluding carboxylic acids is 2. The fourth-order valence-corrected chi connectivity index (χ4v) is 4.03. The third-order valence-electron chi connectivity index (χ3n) is 6.65. The summed E-state index contributed by atoms with van der Waals surface area (Å²) in [6.45, 7) is 10.7. The summed E-state index contributed by atoms with van der Waals surface area (Å²) in [6.07, 6.45) is 5.96. The minimum atomic E-state index is -1.67. The maximum Gasteiger partial charge on any atom is 0.305 e. The molecule has 0 heterocycles. The minimum Gasteiger partial charge on any atom is -0.481 e. The highest BCUT2D eigenvalue weighted by atomic mass is 36.0. The highest BCUT2D eigenvalue weighted by molar-refractivity contribution is 8.26. The Hall–Kier alpha value is -4.31. The Kier molecular flexibility index (Phi) is 24.3. The van der Waals surface area contributed by atoms with Crippen molar-refractivity contribution < 1.29 is 33.2 Å². The predicted octanol–water partition coefficient (Wildman–Crippen LogP) is 7.73. The maximum absolute atomic E-state index is 11.0. The van der Waals surface area contributed by atoms with E-state index in [1.807, 2.05) is 86.6 Å². The topological polar surface area (TPSA) is 175 Å². The van der Waals surface area contributed by atoms with E-state index in [9.17, 15) is 14.4 Å². The number of halogens is 2. The van der Waals surface area contributed by atoms with Gasteiger partial charge in [0, 0.05) is 71.5 Å². The van der Waals surface area contributed by atoms with Crippen LogP contribution in [0.1, 0.15) is 69.1 Å². The van der Waals surface area contributed by atoms with Gasteiger partial charge in [-0.05, 0) is 91.6 Å². The van der Waals surface area contributed by atoms with Gasteiger partial charge in [-0.25, -0.2) is 10.8 Å². The molecule has 0 saturated heterocycles. The van der Waals surface area contributed by atoms with Gasteiger partial charge in [0.2, 0.25) is 9.23 Å². The molecule has 3 rings (SSSR count). The van der Waals surface area contributed by atoms with Crippen LogP contribution in [0.2, 0.25) is 0 Å². The molecule has 0 amide bonds. The van der Waals surface area contributed by atoms with Gasteiger partial charge < -0.3 is 31.4 Å². The van der Waals surface area contributed by atoms with Crippen LogP contribution in [0.25, 0.3) is 4.85 Å². The van der Waals surface area contributed by atoms with Gasteiger partial charge in [-0.2, -0.15) is 0 Å². The highest BCUT2D eigenvalue weighted by Crippen LogP contribution is 2.18. The van der Waals surface area contributed by atoms with Crippen molar-refractivity contribution in [1.82, 2.24) is 0 Å². The molecule has 0 unspecified atom stereocenters. The molecule has 0 fully saturated rings. The van der Waals surface area contributed by atoms with Gasteiger partial charge in [0.25, 0.3) is 5.66 Å². The molecular formula is C36H48Cl2N4O7S. The number of nitrogen functional groups attached to an aromatic ring is 2. The normalized spacial score (nSPS) is 10.0. The zero-order valence-corrected chi connectivity index (χ0v) is 31.3. The van der Waals surface area contributed by atoms with E-state index in [1.54, 1.807) is 0 Å². The minimum absolute atomic E-state index is 0.152. The maximum atomic E-state index is 11.0. The zero-order valence-electron chi connectivity index (χ0n) is 29.0. The van der Waals surface area contributed by atoms with Crippen molar-refractivity contribution in [2.75, 3.05) is 31.0 Å². The van der Waals surface area contributed by atoms with Gasteiger partial charge in [0.1, 0.15) is 0 Å². The van der Waals surface area contributed by atoms with E-state index >= 15 is 0 Å². The number of aryl methyl sites for hydroxylation is 3. The summed E-state index contributed by atoms with van der Waals surface area (Å²) < 4.78 is 18.2. The van der Waals surface area contributed by atoms with Gasteiger partial charge in [-0.15, -0.1) is 0 Å². The van der Waals surface area contributed by atoms with Crippen molar-refractivity contribution in [3.05, 3.63) is 101 Å². The molecule has 0 radical (unpaired) electrons. The van der Waals surface area contributed by atoms with Crippen molar-refractivity contribution in [2.45, 2.75) is 77.3 Å². The SMILES string of the molecule is COC(=O)CCCc1ccc(N)cc1.Nc1ccc(CCCC(=O)O)cc1.O=S(Cl)Cl.[C-]#[N+]C(C)(C)Nc1ccc(CCCC(=O)OC)cc1. The molecule has 0 spiro atoms. The number of rotatable bonds is 14. The number of carbonyl (C=O) groups is 3. The average Bonchev–Trinajstić information content (AvgIpc) is 3.07. The fraction of sp³-hybridized carbons (Fsp3) is 0.389. The summed E-state index contributed by atoms with van der Waals surface area (Å²) in [7, 11) is 10.2. The second kappa shape index (κ2) is 26.5. The molecule has 0 atom stereocenters. The van der Waals surface area contributed by atoms with Crippen LogP contribution < -0.4 is 16.8 Å². The molecule has 0 saturated carbocycles. The largest absolute Gasteiger partial charge is 0.481 e. The lowest BCUT2D eigenvalue weighted by molar-refractivity contribution is -0.141. The van der Waals surface area contributed by atoms with E-state index in [1.165, 1.54) is 25.3 Å². The smallest absolute Gasteiger partial charge is 0.305 e. The lowest BCUT2D eigenvalue weighted by Gasteiger charge is -2.15. The van der Waals surface area contributed by atoms with Crippen molar-refractivity contribution in [2.24, 2.45) is 0 Å². The lowest BCUT2D eigenvalue weighted by atomic mass is 10.1. The van der Waals surface area contributed by atoms with Crippen LogP contribution in [0.4, 0.5) is 17.1 Å². The van der Waals surface area contributed by atoms with Crippen LogP contribution in [-0.4, -0.2) is 47.1 Å². The van der Waals surface area contributed by atoms with Crippen LogP contribution in [0, 0.1) is 6.57 Å². The molecule has 50 heavy (non-hydrogen) atoms. The summed E-state index contributed by atoms with van der Waals surface area (Å²) in [6, 6.07) is 23.2. The first-order valence-electron chi connectivity index (χ1n) is 15.6. The summed E-state index contributed by atoms with van der Waals surface area (Å²) >= 11 is 0. The van der Waals surface area contributed by atoms with Gasteiger partial charge in [-0.1, -0.05) is 36.4 Å². The molecule has 0 bridgehead atoms. The van der Waals surface area contributed by atoms with E-state index in [2.05, 4.69) is 41.0 Å². The Morgan fingerprint density at radius 3 is 1.36 bits per heavy atom. The Labute approximate surface area is 306 Å². The van der Waals surface area contributed by atoms with E-state index in [4.69, 9.17) is 27.4 Å². The summed E-state index contributed by atoms with van der Waals surface area (Å²) in [5.41, 5.74) is 16.4. The van der Waals surface area contributed by atoms with Crippen LogP contribution in [0.5, 0.6) is 0 Å². The van der Waals surface area contributed by atoms with Crippen LogP contribution in [-0.2, 0) is 52.3 Å². The number of carboxylic acid groups (broad SMARTS) is 1. The second-order valence-corrected chi connectivity index (χ2v) is 13.8. The van der Waals surface area contributed by atoms with E-state index in [0.717, 1.165) is 54.7 Å². The highest BCUT2D eigenvalue weighted by Gasteiger charge is 2.21. The molecule has 274 valence electrons. The van der Waals surface area contributed by atoms with E-state index in [-0.39, 0.29) is 18.4 Å². The number of methoxy groups -OCH3 is 2. The molecule has 6 N–H and O–H groups in total. The average molecular weight is 752 g/mol. The summed E-state index contributed by atoms with van der Waals surface area (Å²) in [4.78, 5) is 35.5. The fourth-order valence-electron chi connectivity index (χ4n) is 4.03. The van der Waals surface area contributed by atoms with Gasteiger partial charge >= 0.3 is 17.9 Å². The molecule has 0 aliphatic carbocycles. The standard InChI is InChI=1S/C15H20N2O2.C11H15NO2.C10H13NO2.Cl2OS/c1-15(2,16-3)17-13-10-8-12(9-11-13)6-5-7-14(18)19-4;1-14-11(13)4-2-3-9-5-7-10(12)8-6-9;11-9-6-4-8(5-7-9)2-1-3-10(12)13;1-4(2)3/h8-11,17H,5-7H2,1-2,4H3;5-8H,2-4,12H2,1H3;4-7H,1-3,11H2,(H,12,13);. The number of nitrogens with two attached hydrogens (primary N) is 2. The Balaban J connectivity index is 0.000000695. The summed E-state index contributed by atoms with van der Waals surface area (Å²) in [5.74, 6) is -1.06. The van der Waals surface area contributed by atoms with Crippen LogP contribution >= 0.6 is 21.4 Å². The van der Waals surface area contributed by atoms with Crippen molar-refractivity contribution >= 4 is 65.6 Å². The molecule has 0 aliphatic rings. The number of hydrogen-bond acceptors (Lipinski definition) is 9. The number of hydrogen-bond donors (Lipinski definition) is 4. The molecule has 0 aliphatic heterocycles.